The molecule has 1 saturated carbocycles. The van der Waals surface area contributed by atoms with Crippen molar-refractivity contribution in [3.8, 4) is 12.1 Å². The highest BCUT2D eigenvalue weighted by Crippen LogP contribution is 2.50. The highest BCUT2D eigenvalue weighted by molar-refractivity contribution is 6.30. The van der Waals surface area contributed by atoms with Crippen LogP contribution < -0.4 is 0 Å². The lowest BCUT2D eigenvalue weighted by Gasteiger charge is -2.38. The van der Waals surface area contributed by atoms with Gasteiger partial charge in [-0.25, -0.2) is 0 Å². The molecular formula is C22H17ClN2O. The van der Waals surface area contributed by atoms with Crippen molar-refractivity contribution in [1.82, 2.24) is 0 Å². The van der Waals surface area contributed by atoms with Gasteiger partial charge in [0, 0.05) is 29.7 Å². The molecule has 0 saturated heterocycles. The second kappa shape index (κ2) is 7.56. The van der Waals surface area contributed by atoms with Gasteiger partial charge in [-0.05, 0) is 23.3 Å². The number of carbonyl (C=O) groups is 1. The van der Waals surface area contributed by atoms with E-state index in [1.54, 1.807) is 24.3 Å². The molecule has 0 spiro atoms. The van der Waals surface area contributed by atoms with Crippen LogP contribution in [-0.2, 0) is 4.79 Å². The van der Waals surface area contributed by atoms with E-state index < -0.39 is 17.3 Å². The summed E-state index contributed by atoms with van der Waals surface area (Å²) in [6, 6.07) is 21.2. The van der Waals surface area contributed by atoms with Gasteiger partial charge in [0.25, 0.3) is 0 Å². The Hall–Kier alpha value is -2.88. The maximum Gasteiger partial charge on any atom is 0.157 e. The number of ketones is 1. The molecule has 0 bridgehead atoms. The first-order valence-corrected chi connectivity index (χ1v) is 8.80. The monoisotopic (exact) mass is 360 g/mol. The number of halogens is 1. The zero-order chi connectivity index (χ0) is 18.6. The molecule has 1 fully saturated rings. The number of hydrogen-bond acceptors (Lipinski definition) is 3. The van der Waals surface area contributed by atoms with Gasteiger partial charge in [-0.3, -0.25) is 4.79 Å². The standard InChI is InChI=1S/C22H17ClN2O/c23-19-10-7-17(8-11-19)21-13-20(26)12-18(22(21,14-24)15-25)9-6-16-4-2-1-3-5-16/h1-11,18,21H,12-13H2/b9-6+/t18-,21+/m1/s1. The van der Waals surface area contributed by atoms with Gasteiger partial charge < -0.3 is 0 Å². The van der Waals surface area contributed by atoms with Crippen LogP contribution in [0.2, 0.25) is 5.02 Å². The molecule has 4 heteroatoms. The van der Waals surface area contributed by atoms with Crippen LogP contribution in [0.5, 0.6) is 0 Å². The topological polar surface area (TPSA) is 64.7 Å². The molecule has 1 aliphatic carbocycles. The molecule has 2 atom stereocenters. The third kappa shape index (κ3) is 3.40. The Bertz CT molecular complexity index is 890. The van der Waals surface area contributed by atoms with E-state index >= 15 is 0 Å². The number of rotatable bonds is 3. The smallest absolute Gasteiger partial charge is 0.157 e. The number of hydrogen-bond donors (Lipinski definition) is 0. The Morgan fingerprint density at radius 2 is 1.65 bits per heavy atom. The average molecular weight is 361 g/mol. The number of carbonyl (C=O) groups excluding carboxylic acids is 1. The highest BCUT2D eigenvalue weighted by atomic mass is 35.5. The molecule has 3 rings (SSSR count). The SMILES string of the molecule is N#CC1(C#N)[C@H](/C=C/c2ccccc2)CC(=O)C[C@H]1c1ccc(Cl)cc1. The van der Waals surface area contributed by atoms with Gasteiger partial charge in [0.1, 0.15) is 5.78 Å². The summed E-state index contributed by atoms with van der Waals surface area (Å²) in [6.45, 7) is 0. The second-order valence-electron chi connectivity index (χ2n) is 6.52. The Kier molecular flexibility index (Phi) is 5.21. The van der Waals surface area contributed by atoms with Crippen molar-refractivity contribution in [2.75, 3.05) is 0 Å². The average Bonchev–Trinajstić information content (AvgIpc) is 2.67. The van der Waals surface area contributed by atoms with E-state index in [1.165, 1.54) is 0 Å². The lowest BCUT2D eigenvalue weighted by Crippen LogP contribution is -2.40. The van der Waals surface area contributed by atoms with Crippen molar-refractivity contribution < 1.29 is 4.79 Å². The Labute approximate surface area is 158 Å². The molecule has 0 unspecified atom stereocenters. The summed E-state index contributed by atoms with van der Waals surface area (Å²) in [5.74, 6) is -0.866. The molecule has 3 nitrogen and oxygen atoms in total. The first-order valence-electron chi connectivity index (χ1n) is 8.42. The summed E-state index contributed by atoms with van der Waals surface area (Å²) in [5.41, 5.74) is 0.481. The van der Waals surface area contributed by atoms with E-state index in [9.17, 15) is 15.3 Å². The molecule has 2 aromatic carbocycles. The third-order valence-corrected chi connectivity index (χ3v) is 5.23. The molecule has 0 radical (unpaired) electrons. The van der Waals surface area contributed by atoms with Crippen LogP contribution in [0.3, 0.4) is 0 Å². The minimum Gasteiger partial charge on any atom is -0.300 e. The summed E-state index contributed by atoms with van der Waals surface area (Å²) in [7, 11) is 0. The molecule has 26 heavy (non-hydrogen) atoms. The number of Topliss-reactive ketones (excluding diaryl/α,β-unsaturated/α-hetero) is 1. The minimum absolute atomic E-state index is 0.0637. The summed E-state index contributed by atoms with van der Waals surface area (Å²) >= 11 is 5.96. The third-order valence-electron chi connectivity index (χ3n) is 4.98. The molecule has 0 aromatic heterocycles. The van der Waals surface area contributed by atoms with Crippen LogP contribution in [0.15, 0.2) is 60.7 Å². The molecule has 128 valence electrons. The van der Waals surface area contributed by atoms with Crippen molar-refractivity contribution in [3.05, 3.63) is 76.8 Å². The summed E-state index contributed by atoms with van der Waals surface area (Å²) in [4.78, 5) is 12.4. The van der Waals surface area contributed by atoms with E-state index in [0.717, 1.165) is 11.1 Å². The Morgan fingerprint density at radius 1 is 1.00 bits per heavy atom. The van der Waals surface area contributed by atoms with E-state index in [1.807, 2.05) is 42.5 Å². The van der Waals surface area contributed by atoms with E-state index in [0.29, 0.717) is 5.02 Å². The Morgan fingerprint density at radius 3 is 2.27 bits per heavy atom. The number of nitriles is 2. The summed E-state index contributed by atoms with van der Waals surface area (Å²) in [5, 5.41) is 20.5. The number of benzene rings is 2. The number of allylic oxidation sites excluding steroid dienone is 1. The maximum atomic E-state index is 12.4. The van der Waals surface area contributed by atoms with E-state index in [4.69, 9.17) is 11.6 Å². The maximum absolute atomic E-state index is 12.4. The zero-order valence-electron chi connectivity index (χ0n) is 14.1. The van der Waals surface area contributed by atoms with E-state index in [-0.39, 0.29) is 18.6 Å². The van der Waals surface area contributed by atoms with Crippen molar-refractivity contribution in [2.24, 2.45) is 11.3 Å². The first kappa shape index (κ1) is 17.9. The van der Waals surface area contributed by atoms with Crippen molar-refractivity contribution >= 4 is 23.5 Å². The zero-order valence-corrected chi connectivity index (χ0v) is 14.9. The van der Waals surface area contributed by atoms with Crippen LogP contribution in [0.25, 0.3) is 6.08 Å². The van der Waals surface area contributed by atoms with Gasteiger partial charge in [0.15, 0.2) is 5.41 Å². The summed E-state index contributed by atoms with van der Waals surface area (Å²) < 4.78 is 0. The van der Waals surface area contributed by atoms with Crippen molar-refractivity contribution in [1.29, 1.82) is 10.5 Å². The fourth-order valence-corrected chi connectivity index (χ4v) is 3.70. The Balaban J connectivity index is 2.02. The molecule has 0 heterocycles. The van der Waals surface area contributed by atoms with Gasteiger partial charge in [-0.2, -0.15) is 10.5 Å². The fraction of sp³-hybridized carbons (Fsp3) is 0.227. The predicted molar refractivity (Wildman–Crippen MR) is 101 cm³/mol. The lowest BCUT2D eigenvalue weighted by molar-refractivity contribution is -0.123. The van der Waals surface area contributed by atoms with Gasteiger partial charge in [0.05, 0.1) is 12.1 Å². The van der Waals surface area contributed by atoms with Gasteiger partial charge in [0.2, 0.25) is 0 Å². The van der Waals surface area contributed by atoms with Crippen molar-refractivity contribution in [3.63, 3.8) is 0 Å². The molecule has 0 aliphatic heterocycles. The van der Waals surface area contributed by atoms with Crippen LogP contribution in [0, 0.1) is 34.0 Å². The molecular weight excluding hydrogens is 344 g/mol. The van der Waals surface area contributed by atoms with Gasteiger partial charge in [-0.1, -0.05) is 66.2 Å². The lowest BCUT2D eigenvalue weighted by atomic mass is 9.59. The summed E-state index contributed by atoms with van der Waals surface area (Å²) in [6.07, 6.45) is 4.11. The van der Waals surface area contributed by atoms with Gasteiger partial charge >= 0.3 is 0 Å². The second-order valence-corrected chi connectivity index (χ2v) is 6.96. The first-order chi connectivity index (χ1) is 12.6. The fourth-order valence-electron chi connectivity index (χ4n) is 3.57. The highest BCUT2D eigenvalue weighted by Gasteiger charge is 2.51. The van der Waals surface area contributed by atoms with Crippen LogP contribution in [0.4, 0.5) is 0 Å². The number of nitrogens with zero attached hydrogens (tertiary/aromatic N) is 2. The molecule has 0 N–H and O–H groups in total. The largest absolute Gasteiger partial charge is 0.300 e. The van der Waals surface area contributed by atoms with Crippen LogP contribution in [0.1, 0.15) is 29.9 Å². The molecule has 0 amide bonds. The minimum atomic E-state index is -1.28. The van der Waals surface area contributed by atoms with Crippen molar-refractivity contribution in [2.45, 2.75) is 18.8 Å². The van der Waals surface area contributed by atoms with Crippen LogP contribution in [-0.4, -0.2) is 5.78 Å². The quantitative estimate of drug-likeness (QED) is 0.760. The normalized spacial score (nSPS) is 21.9. The molecule has 1 aliphatic rings. The molecule has 2 aromatic rings. The van der Waals surface area contributed by atoms with Gasteiger partial charge in [-0.15, -0.1) is 0 Å². The predicted octanol–water partition coefficient (Wildman–Crippen LogP) is 5.15. The van der Waals surface area contributed by atoms with Crippen LogP contribution >= 0.6 is 11.6 Å². The van der Waals surface area contributed by atoms with E-state index in [2.05, 4.69) is 12.1 Å².